The largest absolute Gasteiger partial charge is 0.293 e. The third-order valence-electron chi connectivity index (χ3n) is 3.61. The molecular weight excluding hydrogens is 420 g/mol. The molecule has 0 saturated carbocycles. The Balaban J connectivity index is 0.000000209. The van der Waals surface area contributed by atoms with Crippen molar-refractivity contribution >= 4 is 27.5 Å². The summed E-state index contributed by atoms with van der Waals surface area (Å²) in [5.74, 6) is -0.0621. The average Bonchev–Trinajstić information content (AvgIpc) is 3.26. The normalized spacial score (nSPS) is 9.39. The van der Waals surface area contributed by atoms with E-state index in [1.807, 2.05) is 12.1 Å². The zero-order valence-electron chi connectivity index (χ0n) is 14.7. The Morgan fingerprint density at radius 1 is 0.929 bits per heavy atom. The number of ketones is 2. The number of hydrogen-bond donors (Lipinski definition) is 0. The zero-order chi connectivity index (χ0) is 20.4. The molecule has 0 saturated heterocycles. The number of carbonyl (C=O) groups is 2. The van der Waals surface area contributed by atoms with Crippen LogP contribution in [0.15, 0.2) is 67.0 Å². The molecule has 0 bridgehead atoms. The van der Waals surface area contributed by atoms with E-state index in [0.29, 0.717) is 27.6 Å². The fraction of sp³-hybridized carbons (Fsp3) is 0.0952. The van der Waals surface area contributed by atoms with Gasteiger partial charge in [0.1, 0.15) is 6.54 Å². The summed E-state index contributed by atoms with van der Waals surface area (Å²) in [6, 6.07) is 19.1. The summed E-state index contributed by atoms with van der Waals surface area (Å²) in [4.78, 5) is 22.9. The molecule has 138 valence electrons. The summed E-state index contributed by atoms with van der Waals surface area (Å²) < 4.78 is 1.56. The Kier molecular flexibility index (Phi) is 7.83. The number of nitrogens with zero attached hydrogens (tertiary/aromatic N) is 4. The number of aromatic nitrogens is 2. The number of halogens is 1. The van der Waals surface area contributed by atoms with Gasteiger partial charge in [0.15, 0.2) is 11.6 Å². The third kappa shape index (κ3) is 6.01. The minimum Gasteiger partial charge on any atom is -0.293 e. The minimum absolute atomic E-state index is 0.00731. The standard InChI is InChI=1S/C12H9N3O.C9H6BrNO/c13-8-10-3-1-4-11(7-10)12(16)9-15-6-2-5-14-15;10-5-9(12)8-3-1-2-7(4-8)6-11/h1-7H,9H2;1-4H,5H2. The Morgan fingerprint density at radius 3 is 1.96 bits per heavy atom. The van der Waals surface area contributed by atoms with E-state index in [1.54, 1.807) is 71.7 Å². The molecule has 0 N–H and O–H groups in total. The van der Waals surface area contributed by atoms with E-state index in [4.69, 9.17) is 10.5 Å². The third-order valence-corrected chi connectivity index (χ3v) is 4.12. The van der Waals surface area contributed by atoms with Crippen LogP contribution in [-0.2, 0) is 6.54 Å². The summed E-state index contributed by atoms with van der Waals surface area (Å²) in [6.45, 7) is 0.196. The molecule has 0 fully saturated rings. The number of Topliss-reactive ketones (excluding diaryl/α,β-unsaturated/α-hetero) is 2. The zero-order valence-corrected chi connectivity index (χ0v) is 16.3. The molecule has 0 aliphatic rings. The van der Waals surface area contributed by atoms with Crippen LogP contribution in [-0.4, -0.2) is 26.7 Å². The number of nitriles is 2. The van der Waals surface area contributed by atoms with Crippen molar-refractivity contribution < 1.29 is 9.59 Å². The summed E-state index contributed by atoms with van der Waals surface area (Å²) >= 11 is 3.07. The molecule has 1 heterocycles. The van der Waals surface area contributed by atoms with Crippen LogP contribution >= 0.6 is 15.9 Å². The van der Waals surface area contributed by atoms with Crippen LogP contribution in [0.4, 0.5) is 0 Å². The number of benzene rings is 2. The summed E-state index contributed by atoms with van der Waals surface area (Å²) in [7, 11) is 0. The maximum Gasteiger partial charge on any atom is 0.184 e. The molecule has 0 unspecified atom stereocenters. The highest BCUT2D eigenvalue weighted by Gasteiger charge is 2.07. The number of carbonyl (C=O) groups excluding carboxylic acids is 2. The molecule has 0 aliphatic heterocycles. The van der Waals surface area contributed by atoms with Gasteiger partial charge < -0.3 is 0 Å². The molecule has 28 heavy (non-hydrogen) atoms. The first-order chi connectivity index (χ1) is 13.6. The maximum atomic E-state index is 11.8. The van der Waals surface area contributed by atoms with E-state index in [9.17, 15) is 9.59 Å². The predicted octanol–water partition coefficient (Wildman–Crippen LogP) is 3.77. The highest BCUT2D eigenvalue weighted by molar-refractivity contribution is 9.09. The van der Waals surface area contributed by atoms with Gasteiger partial charge in [-0.15, -0.1) is 0 Å². The lowest BCUT2D eigenvalue weighted by atomic mass is 10.1. The highest BCUT2D eigenvalue weighted by Crippen LogP contribution is 2.07. The molecule has 2 aromatic carbocycles. The van der Waals surface area contributed by atoms with E-state index in [1.165, 1.54) is 0 Å². The quantitative estimate of drug-likeness (QED) is 0.449. The van der Waals surface area contributed by atoms with Crippen molar-refractivity contribution in [1.29, 1.82) is 10.5 Å². The number of rotatable bonds is 5. The van der Waals surface area contributed by atoms with Crippen molar-refractivity contribution in [1.82, 2.24) is 9.78 Å². The molecule has 6 nitrogen and oxygen atoms in total. The van der Waals surface area contributed by atoms with Crippen molar-refractivity contribution in [2.45, 2.75) is 6.54 Å². The lowest BCUT2D eigenvalue weighted by Crippen LogP contribution is -2.10. The molecular formula is C21H15BrN4O2. The molecule has 0 radical (unpaired) electrons. The molecule has 0 aliphatic carbocycles. The lowest BCUT2D eigenvalue weighted by Gasteiger charge is -2.01. The predicted molar refractivity (Wildman–Crippen MR) is 107 cm³/mol. The fourth-order valence-electron chi connectivity index (χ4n) is 2.23. The van der Waals surface area contributed by atoms with Gasteiger partial charge in [-0.3, -0.25) is 14.3 Å². The summed E-state index contributed by atoms with van der Waals surface area (Å²) in [5, 5.41) is 21.5. The second kappa shape index (κ2) is 10.6. The van der Waals surface area contributed by atoms with Crippen molar-refractivity contribution in [3.8, 4) is 12.1 Å². The first kappa shape index (κ1) is 20.8. The topological polar surface area (TPSA) is 99.5 Å². The first-order valence-electron chi connectivity index (χ1n) is 8.17. The van der Waals surface area contributed by atoms with E-state index < -0.39 is 0 Å². The molecule has 0 atom stereocenters. The average molecular weight is 435 g/mol. The van der Waals surface area contributed by atoms with Crippen molar-refractivity contribution in [2.24, 2.45) is 0 Å². The highest BCUT2D eigenvalue weighted by atomic mass is 79.9. The van der Waals surface area contributed by atoms with E-state index in [0.717, 1.165) is 0 Å². The summed E-state index contributed by atoms with van der Waals surface area (Å²) in [5.41, 5.74) is 2.12. The SMILES string of the molecule is N#Cc1cccc(C(=O)CBr)c1.N#Cc1cccc(C(=O)Cn2cccn2)c1. The molecule has 1 aromatic heterocycles. The Bertz CT molecular complexity index is 1050. The van der Waals surface area contributed by atoms with E-state index >= 15 is 0 Å². The Hall–Kier alpha value is -3.55. The van der Waals surface area contributed by atoms with Gasteiger partial charge in [-0.1, -0.05) is 40.2 Å². The summed E-state index contributed by atoms with van der Waals surface area (Å²) in [6.07, 6.45) is 3.35. The lowest BCUT2D eigenvalue weighted by molar-refractivity contribution is 0.0966. The number of alkyl halides is 1. The van der Waals surface area contributed by atoms with Crippen LogP contribution in [0.1, 0.15) is 31.8 Å². The van der Waals surface area contributed by atoms with Gasteiger partial charge in [-0.2, -0.15) is 15.6 Å². The smallest absolute Gasteiger partial charge is 0.184 e. The van der Waals surface area contributed by atoms with Gasteiger partial charge in [-0.25, -0.2) is 0 Å². The van der Waals surface area contributed by atoms with Crippen LogP contribution in [0.5, 0.6) is 0 Å². The Labute approximate surface area is 170 Å². The van der Waals surface area contributed by atoms with Crippen molar-refractivity contribution in [2.75, 3.05) is 5.33 Å². The molecule has 3 aromatic rings. The molecule has 3 rings (SSSR count). The van der Waals surface area contributed by atoms with Gasteiger partial charge in [-0.05, 0) is 30.3 Å². The fourth-order valence-corrected chi connectivity index (χ4v) is 2.56. The maximum absolute atomic E-state index is 11.8. The van der Waals surface area contributed by atoms with Gasteiger partial charge in [0.25, 0.3) is 0 Å². The van der Waals surface area contributed by atoms with Crippen LogP contribution in [0.3, 0.4) is 0 Å². The van der Waals surface area contributed by atoms with Crippen molar-refractivity contribution in [3.63, 3.8) is 0 Å². The van der Waals surface area contributed by atoms with E-state index in [-0.39, 0.29) is 18.1 Å². The van der Waals surface area contributed by atoms with Crippen LogP contribution in [0.2, 0.25) is 0 Å². The first-order valence-corrected chi connectivity index (χ1v) is 9.29. The van der Waals surface area contributed by atoms with Gasteiger partial charge in [0, 0.05) is 23.5 Å². The number of hydrogen-bond acceptors (Lipinski definition) is 5. The van der Waals surface area contributed by atoms with Crippen LogP contribution in [0, 0.1) is 22.7 Å². The second-order valence-electron chi connectivity index (χ2n) is 5.57. The second-order valence-corrected chi connectivity index (χ2v) is 6.13. The molecule has 0 amide bonds. The van der Waals surface area contributed by atoms with E-state index in [2.05, 4.69) is 21.0 Å². The van der Waals surface area contributed by atoms with Crippen molar-refractivity contribution in [3.05, 3.63) is 89.2 Å². The Morgan fingerprint density at radius 2 is 1.50 bits per heavy atom. The molecule has 0 spiro atoms. The van der Waals surface area contributed by atoms with Crippen LogP contribution < -0.4 is 0 Å². The van der Waals surface area contributed by atoms with Gasteiger partial charge in [0.2, 0.25) is 0 Å². The monoisotopic (exact) mass is 434 g/mol. The van der Waals surface area contributed by atoms with Gasteiger partial charge >= 0.3 is 0 Å². The molecule has 7 heteroatoms. The minimum atomic E-state index is -0.0548. The van der Waals surface area contributed by atoms with Crippen LogP contribution in [0.25, 0.3) is 0 Å². The van der Waals surface area contributed by atoms with Gasteiger partial charge in [0.05, 0.1) is 28.6 Å².